The summed E-state index contributed by atoms with van der Waals surface area (Å²) in [5.74, 6) is 0.132. The molecule has 6 heteroatoms. The van der Waals surface area contributed by atoms with E-state index in [0.717, 1.165) is 0 Å². The summed E-state index contributed by atoms with van der Waals surface area (Å²) in [5, 5.41) is 2.47. The van der Waals surface area contributed by atoms with Crippen LogP contribution in [0.3, 0.4) is 0 Å². The minimum Gasteiger partial charge on any atom is -0.326 e. The third-order valence-corrected chi connectivity index (χ3v) is 1.87. The van der Waals surface area contributed by atoms with Crippen LogP contribution < -0.4 is 16.8 Å². The maximum atomic E-state index is 11.4. The van der Waals surface area contributed by atoms with Crippen LogP contribution in [0.15, 0.2) is 21.1 Å². The number of carbonyl (C=O) groups is 1. The van der Waals surface area contributed by atoms with Crippen LogP contribution >= 0.6 is 0 Å². The predicted molar refractivity (Wildman–Crippen MR) is 48.1 cm³/mol. The van der Waals surface area contributed by atoms with Gasteiger partial charge in [-0.3, -0.25) is 10.5 Å². The molecule has 68 valence electrons. The van der Waals surface area contributed by atoms with Crippen molar-refractivity contribution >= 4 is 18.0 Å². The molecular weight excluding hydrogens is 170 g/mol. The average Bonchev–Trinajstić information content (AvgIpc) is 2.47. The molecule has 0 saturated carbocycles. The fourth-order valence-electron chi connectivity index (χ4n) is 1.28. The number of nitrogens with zero attached hydrogens (tertiary/aromatic N) is 2. The lowest BCUT2D eigenvalue weighted by atomic mass is 10.1. The fourth-order valence-corrected chi connectivity index (χ4v) is 1.28. The Morgan fingerprint density at radius 1 is 1.62 bits per heavy atom. The van der Waals surface area contributed by atoms with E-state index in [0.29, 0.717) is 17.0 Å². The number of fused-ring (bicyclic) bond motifs is 1. The number of hydrogen-bond donors (Lipinski definition) is 3. The highest BCUT2D eigenvalue weighted by Gasteiger charge is 2.28. The summed E-state index contributed by atoms with van der Waals surface area (Å²) >= 11 is 0. The van der Waals surface area contributed by atoms with E-state index >= 15 is 0 Å². The largest absolute Gasteiger partial charge is 0.326 e. The molecule has 6 nitrogen and oxygen atoms in total. The molecule has 5 N–H and O–H groups in total. The van der Waals surface area contributed by atoms with Gasteiger partial charge in [-0.2, -0.15) is 0 Å². The summed E-state index contributed by atoms with van der Waals surface area (Å²) in [4.78, 5) is 19.3. The zero-order valence-corrected chi connectivity index (χ0v) is 6.82. The van der Waals surface area contributed by atoms with Crippen molar-refractivity contribution in [3.63, 3.8) is 0 Å². The van der Waals surface area contributed by atoms with E-state index in [2.05, 4.69) is 15.3 Å². The highest BCUT2D eigenvalue weighted by Crippen LogP contribution is 2.15. The Labute approximate surface area is 74.4 Å². The number of carbonyl (C=O) groups excluding carboxylic acids is 1. The first-order valence-electron chi connectivity index (χ1n) is 3.84. The van der Waals surface area contributed by atoms with Crippen molar-refractivity contribution in [2.24, 2.45) is 21.5 Å². The number of nitrogens with one attached hydrogen (secondary N) is 1. The van der Waals surface area contributed by atoms with Crippen molar-refractivity contribution < 1.29 is 4.79 Å². The topological polar surface area (TPSA) is 106 Å². The first-order chi connectivity index (χ1) is 6.22. The van der Waals surface area contributed by atoms with Crippen LogP contribution in [-0.4, -0.2) is 30.8 Å². The number of amides is 1. The van der Waals surface area contributed by atoms with Crippen molar-refractivity contribution in [2.75, 3.05) is 6.54 Å². The first kappa shape index (κ1) is 8.09. The number of hydrogen-bond acceptors (Lipinski definition) is 5. The van der Waals surface area contributed by atoms with Gasteiger partial charge in [0, 0.05) is 18.3 Å². The van der Waals surface area contributed by atoms with Gasteiger partial charge in [0.15, 0.2) is 12.1 Å². The second kappa shape index (κ2) is 2.75. The molecule has 0 aliphatic carbocycles. The highest BCUT2D eigenvalue weighted by atomic mass is 16.2. The predicted octanol–water partition coefficient (Wildman–Crippen LogP) is -1.90. The second-order valence-corrected chi connectivity index (χ2v) is 2.73. The fraction of sp³-hybridized carbons (Fsp3) is 0.286. The highest BCUT2D eigenvalue weighted by molar-refractivity contribution is 6.30. The minimum absolute atomic E-state index is 0.254. The summed E-state index contributed by atoms with van der Waals surface area (Å²) in [5.41, 5.74) is 12.0. The molecule has 0 bridgehead atoms. The maximum absolute atomic E-state index is 11.4. The van der Waals surface area contributed by atoms with Crippen LogP contribution in [0.5, 0.6) is 0 Å². The lowest BCUT2D eigenvalue weighted by Crippen LogP contribution is -2.46. The second-order valence-electron chi connectivity index (χ2n) is 2.73. The molecule has 1 unspecified atom stereocenters. The Morgan fingerprint density at radius 3 is 3.08 bits per heavy atom. The number of nitrogens with two attached hydrogens (primary N) is 2. The van der Waals surface area contributed by atoms with Crippen LogP contribution in [0.25, 0.3) is 0 Å². The molecule has 0 aromatic carbocycles. The number of rotatable bonds is 1. The molecule has 2 aliphatic rings. The van der Waals surface area contributed by atoms with Crippen LogP contribution in [0, 0.1) is 0 Å². The van der Waals surface area contributed by atoms with Gasteiger partial charge < -0.3 is 11.1 Å². The molecule has 0 spiro atoms. The monoisotopic (exact) mass is 179 g/mol. The van der Waals surface area contributed by atoms with Crippen molar-refractivity contribution in [3.8, 4) is 0 Å². The van der Waals surface area contributed by atoms with Crippen LogP contribution in [0.1, 0.15) is 0 Å². The van der Waals surface area contributed by atoms with Gasteiger partial charge in [-0.05, 0) is 0 Å². The standard InChI is InChI=1S/C7H9N5O/c8-1-3-2-10-5-4(3)6(13)12-7(9)11-5/h2,7H,1,8-9H2,(H,12,13). The normalized spacial score (nSPS) is 25.8. The third kappa shape index (κ3) is 1.16. The molecule has 1 amide bonds. The van der Waals surface area contributed by atoms with E-state index in [1.807, 2.05) is 0 Å². The minimum atomic E-state index is -0.694. The lowest BCUT2D eigenvalue weighted by molar-refractivity contribution is -0.117. The molecule has 2 rings (SSSR count). The quantitative estimate of drug-likeness (QED) is 0.437. The third-order valence-electron chi connectivity index (χ3n) is 1.87. The van der Waals surface area contributed by atoms with Gasteiger partial charge in [0.1, 0.15) is 0 Å². The lowest BCUT2D eigenvalue weighted by Gasteiger charge is -2.17. The van der Waals surface area contributed by atoms with Crippen molar-refractivity contribution in [2.45, 2.75) is 6.29 Å². The van der Waals surface area contributed by atoms with E-state index in [1.165, 1.54) is 0 Å². The van der Waals surface area contributed by atoms with Gasteiger partial charge in [-0.25, -0.2) is 9.98 Å². The van der Waals surface area contributed by atoms with Crippen LogP contribution in [0.2, 0.25) is 0 Å². The van der Waals surface area contributed by atoms with Crippen LogP contribution in [-0.2, 0) is 4.79 Å². The Bertz CT molecular complexity index is 354. The van der Waals surface area contributed by atoms with Gasteiger partial charge in [0.2, 0.25) is 0 Å². The molecule has 1 atom stereocenters. The van der Waals surface area contributed by atoms with Gasteiger partial charge in [0.05, 0.1) is 5.57 Å². The van der Waals surface area contributed by atoms with Gasteiger partial charge in [-0.15, -0.1) is 0 Å². The Balaban J connectivity index is 2.48. The average molecular weight is 179 g/mol. The van der Waals surface area contributed by atoms with Crippen molar-refractivity contribution in [3.05, 3.63) is 11.1 Å². The Hall–Kier alpha value is -1.53. The Morgan fingerprint density at radius 2 is 2.38 bits per heavy atom. The van der Waals surface area contributed by atoms with E-state index in [-0.39, 0.29) is 12.5 Å². The molecule has 0 radical (unpaired) electrons. The maximum Gasteiger partial charge on any atom is 0.258 e. The number of amidine groups is 1. The van der Waals surface area contributed by atoms with E-state index in [4.69, 9.17) is 11.5 Å². The molecule has 0 fully saturated rings. The van der Waals surface area contributed by atoms with E-state index < -0.39 is 6.29 Å². The SMILES string of the molecule is NCC1=C2C(=O)NC(N)N=C2N=C1. The number of aliphatic imine (C=N–C) groups is 2. The molecule has 0 saturated heterocycles. The van der Waals surface area contributed by atoms with Gasteiger partial charge >= 0.3 is 0 Å². The zero-order valence-electron chi connectivity index (χ0n) is 6.82. The van der Waals surface area contributed by atoms with E-state index in [1.54, 1.807) is 6.21 Å². The molecule has 2 aliphatic heterocycles. The van der Waals surface area contributed by atoms with Crippen molar-refractivity contribution in [1.29, 1.82) is 0 Å². The smallest absolute Gasteiger partial charge is 0.258 e. The summed E-state index contributed by atoms with van der Waals surface area (Å²) in [6.45, 7) is 0.278. The molecule has 13 heavy (non-hydrogen) atoms. The van der Waals surface area contributed by atoms with Crippen molar-refractivity contribution in [1.82, 2.24) is 5.32 Å². The molecule has 0 aromatic heterocycles. The first-order valence-corrected chi connectivity index (χ1v) is 3.84. The molecule has 2 heterocycles. The summed E-state index contributed by atoms with van der Waals surface area (Å²) < 4.78 is 0. The van der Waals surface area contributed by atoms with Crippen LogP contribution in [0.4, 0.5) is 0 Å². The van der Waals surface area contributed by atoms with E-state index in [9.17, 15) is 4.79 Å². The summed E-state index contributed by atoms with van der Waals surface area (Å²) in [6.07, 6.45) is 0.853. The molecule has 0 aromatic rings. The molecular formula is C7H9N5O. The van der Waals surface area contributed by atoms with Gasteiger partial charge in [0.25, 0.3) is 5.91 Å². The summed E-state index contributed by atoms with van der Waals surface area (Å²) in [7, 11) is 0. The Kier molecular flexibility index (Phi) is 1.71. The zero-order chi connectivity index (χ0) is 9.42. The van der Waals surface area contributed by atoms with Gasteiger partial charge in [-0.1, -0.05) is 0 Å². The summed E-state index contributed by atoms with van der Waals surface area (Å²) in [6, 6.07) is 0.